The van der Waals surface area contributed by atoms with Crippen molar-refractivity contribution < 1.29 is 14.4 Å². The fourth-order valence-electron chi connectivity index (χ4n) is 2.71. The zero-order chi connectivity index (χ0) is 17.0. The molecule has 2 aromatic rings. The van der Waals surface area contributed by atoms with Gasteiger partial charge in [0, 0.05) is 18.8 Å². The Bertz CT molecular complexity index is 615. The maximum Gasteiger partial charge on any atom is 0.227 e. The molecule has 0 bridgehead atoms. The average Bonchev–Trinajstić information content (AvgIpc) is 2.56. The SMILES string of the molecule is COc1ccc(C(c2ccc(OC)cc2)C(C)(C)[N+](=O)[O-])cc1. The first-order chi connectivity index (χ1) is 10.9. The highest BCUT2D eigenvalue weighted by molar-refractivity contribution is 5.40. The largest absolute Gasteiger partial charge is 0.497 e. The molecule has 0 saturated carbocycles. The molecule has 0 fully saturated rings. The van der Waals surface area contributed by atoms with Gasteiger partial charge in [-0.05, 0) is 35.4 Å². The summed E-state index contributed by atoms with van der Waals surface area (Å²) in [5, 5.41) is 11.6. The van der Waals surface area contributed by atoms with E-state index < -0.39 is 5.54 Å². The van der Waals surface area contributed by atoms with E-state index in [4.69, 9.17) is 9.47 Å². The second-order valence-electron chi connectivity index (χ2n) is 5.89. The van der Waals surface area contributed by atoms with Gasteiger partial charge in [-0.25, -0.2) is 0 Å². The topological polar surface area (TPSA) is 61.6 Å². The van der Waals surface area contributed by atoms with Crippen molar-refractivity contribution in [3.05, 3.63) is 69.8 Å². The molecule has 122 valence electrons. The summed E-state index contributed by atoms with van der Waals surface area (Å²) in [5.41, 5.74) is 0.596. The quantitative estimate of drug-likeness (QED) is 0.599. The van der Waals surface area contributed by atoms with Crippen LogP contribution in [-0.2, 0) is 0 Å². The van der Waals surface area contributed by atoms with Gasteiger partial charge in [0.1, 0.15) is 11.5 Å². The molecule has 0 atom stereocenters. The van der Waals surface area contributed by atoms with E-state index in [0.717, 1.165) is 22.6 Å². The molecule has 0 radical (unpaired) electrons. The van der Waals surface area contributed by atoms with Crippen LogP contribution in [0.3, 0.4) is 0 Å². The Balaban J connectivity index is 2.52. The molecule has 0 saturated heterocycles. The number of nitro groups is 1. The van der Waals surface area contributed by atoms with Crippen molar-refractivity contribution >= 4 is 0 Å². The molecule has 0 aliphatic heterocycles. The molecule has 0 aliphatic carbocycles. The monoisotopic (exact) mass is 315 g/mol. The van der Waals surface area contributed by atoms with Gasteiger partial charge in [-0.15, -0.1) is 0 Å². The number of ether oxygens (including phenoxy) is 2. The highest BCUT2D eigenvalue weighted by Gasteiger charge is 2.42. The lowest BCUT2D eigenvalue weighted by atomic mass is 9.77. The third-order valence-electron chi connectivity index (χ3n) is 4.08. The molecular weight excluding hydrogens is 294 g/mol. The van der Waals surface area contributed by atoms with Crippen LogP contribution in [0, 0.1) is 10.1 Å². The first-order valence-corrected chi connectivity index (χ1v) is 7.32. The summed E-state index contributed by atoms with van der Waals surface area (Å²) < 4.78 is 10.3. The molecule has 0 aliphatic rings. The molecule has 0 unspecified atom stereocenters. The normalized spacial score (nSPS) is 11.3. The van der Waals surface area contributed by atoms with Crippen molar-refractivity contribution in [2.45, 2.75) is 25.3 Å². The van der Waals surface area contributed by atoms with Crippen LogP contribution in [0.1, 0.15) is 30.9 Å². The molecule has 2 rings (SSSR count). The van der Waals surface area contributed by atoms with Crippen LogP contribution in [0.5, 0.6) is 11.5 Å². The number of methoxy groups -OCH3 is 2. The Hall–Kier alpha value is -2.56. The summed E-state index contributed by atoms with van der Waals surface area (Å²) in [6, 6.07) is 14.8. The summed E-state index contributed by atoms with van der Waals surface area (Å²) in [4.78, 5) is 11.4. The fourth-order valence-corrected chi connectivity index (χ4v) is 2.71. The molecule has 23 heavy (non-hydrogen) atoms. The van der Waals surface area contributed by atoms with Gasteiger partial charge >= 0.3 is 0 Å². The Morgan fingerprint density at radius 2 is 1.22 bits per heavy atom. The summed E-state index contributed by atoms with van der Waals surface area (Å²) in [6.45, 7) is 3.29. The van der Waals surface area contributed by atoms with E-state index in [9.17, 15) is 10.1 Å². The second kappa shape index (κ2) is 6.69. The molecule has 0 N–H and O–H groups in total. The lowest BCUT2D eigenvalue weighted by Gasteiger charge is -2.28. The Morgan fingerprint density at radius 3 is 1.48 bits per heavy atom. The molecule has 5 heteroatoms. The van der Waals surface area contributed by atoms with Crippen LogP contribution in [0.25, 0.3) is 0 Å². The van der Waals surface area contributed by atoms with Gasteiger partial charge < -0.3 is 9.47 Å². The number of hydrogen-bond donors (Lipinski definition) is 0. The predicted octanol–water partition coefficient (Wildman–Crippen LogP) is 3.89. The minimum Gasteiger partial charge on any atom is -0.497 e. The van der Waals surface area contributed by atoms with E-state index in [1.807, 2.05) is 48.5 Å². The summed E-state index contributed by atoms with van der Waals surface area (Å²) in [6.07, 6.45) is 0. The van der Waals surface area contributed by atoms with Gasteiger partial charge in [0.2, 0.25) is 5.54 Å². The van der Waals surface area contributed by atoms with Crippen LogP contribution >= 0.6 is 0 Å². The zero-order valence-corrected chi connectivity index (χ0v) is 13.8. The van der Waals surface area contributed by atoms with E-state index in [1.54, 1.807) is 28.1 Å². The van der Waals surface area contributed by atoms with Crippen molar-refractivity contribution in [2.24, 2.45) is 0 Å². The molecule has 0 heterocycles. The number of benzene rings is 2. The average molecular weight is 315 g/mol. The molecule has 0 aromatic heterocycles. The van der Waals surface area contributed by atoms with Gasteiger partial charge in [0.05, 0.1) is 20.1 Å². The van der Waals surface area contributed by atoms with Crippen molar-refractivity contribution in [3.8, 4) is 11.5 Å². The summed E-state index contributed by atoms with van der Waals surface area (Å²) >= 11 is 0. The third-order valence-corrected chi connectivity index (χ3v) is 4.08. The highest BCUT2D eigenvalue weighted by Crippen LogP contribution is 2.38. The van der Waals surface area contributed by atoms with Crippen LogP contribution in [0.4, 0.5) is 0 Å². The van der Waals surface area contributed by atoms with E-state index >= 15 is 0 Å². The minimum atomic E-state index is -1.15. The van der Waals surface area contributed by atoms with Gasteiger partial charge in [-0.1, -0.05) is 24.3 Å². The molecule has 5 nitrogen and oxygen atoms in total. The van der Waals surface area contributed by atoms with E-state index in [1.165, 1.54) is 0 Å². The van der Waals surface area contributed by atoms with Gasteiger partial charge in [0.25, 0.3) is 0 Å². The Morgan fingerprint density at radius 1 is 0.870 bits per heavy atom. The molecular formula is C18H21NO4. The molecule has 0 amide bonds. The van der Waals surface area contributed by atoms with Crippen LogP contribution in [-0.4, -0.2) is 24.7 Å². The first kappa shape index (κ1) is 16.8. The Kier molecular flexibility index (Phi) is 4.89. The van der Waals surface area contributed by atoms with Crippen molar-refractivity contribution in [1.82, 2.24) is 0 Å². The summed E-state index contributed by atoms with van der Waals surface area (Å²) in [5.74, 6) is 1.07. The highest BCUT2D eigenvalue weighted by atomic mass is 16.6. The van der Waals surface area contributed by atoms with Gasteiger partial charge in [0.15, 0.2) is 0 Å². The molecule has 2 aromatic carbocycles. The number of rotatable bonds is 6. The lowest BCUT2D eigenvalue weighted by Crippen LogP contribution is -2.38. The lowest BCUT2D eigenvalue weighted by molar-refractivity contribution is -0.563. The number of nitrogens with zero attached hydrogens (tertiary/aromatic N) is 1. The smallest absolute Gasteiger partial charge is 0.227 e. The summed E-state index contributed by atoms with van der Waals surface area (Å²) in [7, 11) is 3.19. The van der Waals surface area contributed by atoms with Crippen LogP contribution in [0.15, 0.2) is 48.5 Å². The van der Waals surface area contributed by atoms with Gasteiger partial charge in [-0.3, -0.25) is 10.1 Å². The van der Waals surface area contributed by atoms with E-state index in [2.05, 4.69) is 0 Å². The van der Waals surface area contributed by atoms with Crippen molar-refractivity contribution in [2.75, 3.05) is 14.2 Å². The second-order valence-corrected chi connectivity index (χ2v) is 5.89. The standard InChI is InChI=1S/C18H21NO4/c1-18(2,19(20)21)17(13-5-9-15(22-3)10-6-13)14-7-11-16(23-4)12-8-14/h5-12,17H,1-4H3. The van der Waals surface area contributed by atoms with Crippen molar-refractivity contribution in [3.63, 3.8) is 0 Å². The minimum absolute atomic E-state index is 0.230. The van der Waals surface area contributed by atoms with Crippen LogP contribution in [0.2, 0.25) is 0 Å². The van der Waals surface area contributed by atoms with E-state index in [0.29, 0.717) is 0 Å². The maximum absolute atomic E-state index is 11.6. The van der Waals surface area contributed by atoms with E-state index in [-0.39, 0.29) is 10.8 Å². The molecule has 0 spiro atoms. The van der Waals surface area contributed by atoms with Crippen molar-refractivity contribution in [1.29, 1.82) is 0 Å². The zero-order valence-electron chi connectivity index (χ0n) is 13.8. The fraction of sp³-hybridized carbons (Fsp3) is 0.333. The van der Waals surface area contributed by atoms with Crippen LogP contribution < -0.4 is 9.47 Å². The number of hydrogen-bond acceptors (Lipinski definition) is 4. The third kappa shape index (κ3) is 3.44. The maximum atomic E-state index is 11.6. The first-order valence-electron chi connectivity index (χ1n) is 7.32. The predicted molar refractivity (Wildman–Crippen MR) is 88.9 cm³/mol. The van der Waals surface area contributed by atoms with Gasteiger partial charge in [-0.2, -0.15) is 0 Å². The Labute approximate surface area is 136 Å².